The van der Waals surface area contributed by atoms with Crippen LogP contribution in [0.15, 0.2) is 48.5 Å². The lowest BCUT2D eigenvalue weighted by Crippen LogP contribution is -2.30. The van der Waals surface area contributed by atoms with E-state index in [1.165, 1.54) is 11.1 Å². The molecule has 142 valence electrons. The van der Waals surface area contributed by atoms with E-state index in [0.29, 0.717) is 23.8 Å². The van der Waals surface area contributed by atoms with E-state index >= 15 is 0 Å². The molecule has 2 aromatic carbocycles. The summed E-state index contributed by atoms with van der Waals surface area (Å²) in [5.41, 5.74) is 3.72. The zero-order chi connectivity index (χ0) is 19.1. The van der Waals surface area contributed by atoms with Gasteiger partial charge in [-0.15, -0.1) is 0 Å². The van der Waals surface area contributed by atoms with Gasteiger partial charge < -0.3 is 16.0 Å². The molecule has 3 N–H and O–H groups in total. The molecular weight excluding hydrogens is 358 g/mol. The Kier molecular flexibility index (Phi) is 6.76. The van der Waals surface area contributed by atoms with Crippen LogP contribution in [0.1, 0.15) is 34.3 Å². The second kappa shape index (κ2) is 9.46. The van der Waals surface area contributed by atoms with Crippen molar-refractivity contribution in [1.82, 2.24) is 10.6 Å². The molecule has 3 amide bonds. The van der Waals surface area contributed by atoms with Crippen molar-refractivity contribution in [2.75, 3.05) is 17.6 Å². The SMILES string of the molecule is Cc1ccc(CSCCNC(=O)c2cccc(NC(=O)NC3CC3)c2)cc1. The maximum Gasteiger partial charge on any atom is 0.319 e. The maximum atomic E-state index is 12.3. The van der Waals surface area contributed by atoms with E-state index in [1.807, 2.05) is 0 Å². The molecule has 0 radical (unpaired) electrons. The number of rotatable bonds is 8. The zero-order valence-electron chi connectivity index (χ0n) is 15.5. The smallest absolute Gasteiger partial charge is 0.319 e. The Morgan fingerprint density at radius 2 is 1.89 bits per heavy atom. The molecule has 6 heteroatoms. The molecule has 1 aliphatic carbocycles. The summed E-state index contributed by atoms with van der Waals surface area (Å²) in [6.45, 7) is 2.69. The number of hydrogen-bond acceptors (Lipinski definition) is 3. The fraction of sp³-hybridized carbons (Fsp3) is 0.333. The van der Waals surface area contributed by atoms with Crippen molar-refractivity contribution < 1.29 is 9.59 Å². The highest BCUT2D eigenvalue weighted by molar-refractivity contribution is 7.98. The lowest BCUT2D eigenvalue weighted by atomic mass is 10.2. The molecule has 1 saturated carbocycles. The third-order valence-electron chi connectivity index (χ3n) is 4.22. The standard InChI is InChI=1S/C21H25N3O2S/c1-15-5-7-16(8-6-15)14-27-12-11-22-20(25)17-3-2-4-19(13-17)24-21(26)23-18-9-10-18/h2-8,13,18H,9-12,14H2,1H3,(H,22,25)(H2,23,24,26). The Hall–Kier alpha value is -2.47. The molecule has 0 unspecified atom stereocenters. The summed E-state index contributed by atoms with van der Waals surface area (Å²) in [7, 11) is 0. The molecule has 1 fully saturated rings. The van der Waals surface area contributed by atoms with Gasteiger partial charge in [0.05, 0.1) is 0 Å². The predicted octanol–water partition coefficient (Wildman–Crippen LogP) is 3.94. The summed E-state index contributed by atoms with van der Waals surface area (Å²) in [4.78, 5) is 24.1. The molecule has 5 nitrogen and oxygen atoms in total. The topological polar surface area (TPSA) is 70.2 Å². The van der Waals surface area contributed by atoms with Gasteiger partial charge in [-0.05, 0) is 43.5 Å². The van der Waals surface area contributed by atoms with Crippen LogP contribution in [-0.4, -0.2) is 30.3 Å². The van der Waals surface area contributed by atoms with E-state index < -0.39 is 0 Å². The highest BCUT2D eigenvalue weighted by Crippen LogP contribution is 2.19. The quantitative estimate of drug-likeness (QED) is 0.605. The third-order valence-corrected chi connectivity index (χ3v) is 5.25. The minimum atomic E-state index is -0.220. The number of thioether (sulfide) groups is 1. The van der Waals surface area contributed by atoms with Crippen LogP contribution < -0.4 is 16.0 Å². The number of carbonyl (C=O) groups excluding carboxylic acids is 2. The van der Waals surface area contributed by atoms with Gasteiger partial charge in [-0.1, -0.05) is 35.9 Å². The van der Waals surface area contributed by atoms with Gasteiger partial charge in [0.2, 0.25) is 0 Å². The first-order valence-electron chi connectivity index (χ1n) is 9.19. The molecule has 0 bridgehead atoms. The average Bonchev–Trinajstić information content (AvgIpc) is 3.47. The number of anilines is 1. The lowest BCUT2D eigenvalue weighted by Gasteiger charge is -2.09. The van der Waals surface area contributed by atoms with Gasteiger partial charge in [0.15, 0.2) is 0 Å². The fourth-order valence-electron chi connectivity index (χ4n) is 2.53. The van der Waals surface area contributed by atoms with Crippen molar-refractivity contribution in [3.63, 3.8) is 0 Å². The van der Waals surface area contributed by atoms with E-state index in [2.05, 4.69) is 47.1 Å². The molecule has 0 spiro atoms. The molecular formula is C21H25N3O2S. The molecule has 0 aliphatic heterocycles. The number of nitrogens with one attached hydrogen (secondary N) is 3. The Bertz CT molecular complexity index is 788. The summed E-state index contributed by atoms with van der Waals surface area (Å²) in [5, 5.41) is 8.56. The van der Waals surface area contributed by atoms with Crippen molar-refractivity contribution >= 4 is 29.4 Å². The summed E-state index contributed by atoms with van der Waals surface area (Å²) in [6.07, 6.45) is 2.08. The van der Waals surface area contributed by atoms with E-state index in [-0.39, 0.29) is 11.9 Å². The molecule has 0 atom stereocenters. The van der Waals surface area contributed by atoms with Gasteiger partial charge in [-0.25, -0.2) is 4.79 Å². The van der Waals surface area contributed by atoms with Gasteiger partial charge >= 0.3 is 6.03 Å². The Labute approximate surface area is 164 Å². The minimum absolute atomic E-state index is 0.128. The highest BCUT2D eigenvalue weighted by atomic mass is 32.2. The molecule has 0 heterocycles. The maximum absolute atomic E-state index is 12.3. The zero-order valence-corrected chi connectivity index (χ0v) is 16.3. The van der Waals surface area contributed by atoms with Crippen LogP contribution in [0.2, 0.25) is 0 Å². The van der Waals surface area contributed by atoms with Crippen LogP contribution in [0.3, 0.4) is 0 Å². The molecule has 0 saturated heterocycles. The summed E-state index contributed by atoms with van der Waals surface area (Å²) >= 11 is 1.79. The van der Waals surface area contributed by atoms with Crippen LogP contribution in [0.25, 0.3) is 0 Å². The number of amides is 3. The largest absolute Gasteiger partial charge is 0.351 e. The highest BCUT2D eigenvalue weighted by Gasteiger charge is 2.23. The molecule has 2 aromatic rings. The van der Waals surface area contributed by atoms with Crippen molar-refractivity contribution in [1.29, 1.82) is 0 Å². The fourth-order valence-corrected chi connectivity index (χ4v) is 3.35. The van der Waals surface area contributed by atoms with Gasteiger partial charge in [0.25, 0.3) is 5.91 Å². The first kappa shape index (κ1) is 19.3. The lowest BCUT2D eigenvalue weighted by molar-refractivity contribution is 0.0956. The number of aryl methyl sites for hydroxylation is 1. The number of urea groups is 1. The van der Waals surface area contributed by atoms with Crippen LogP contribution in [0, 0.1) is 6.92 Å². The normalized spacial score (nSPS) is 13.1. The average molecular weight is 384 g/mol. The first-order valence-corrected chi connectivity index (χ1v) is 10.3. The van der Waals surface area contributed by atoms with Crippen LogP contribution in [-0.2, 0) is 5.75 Å². The summed E-state index contributed by atoms with van der Waals surface area (Å²) in [6, 6.07) is 15.6. The second-order valence-electron chi connectivity index (χ2n) is 6.75. The van der Waals surface area contributed by atoms with E-state index in [4.69, 9.17) is 0 Å². The Balaban J connectivity index is 1.38. The first-order chi connectivity index (χ1) is 13.1. The van der Waals surface area contributed by atoms with Gasteiger partial charge in [-0.2, -0.15) is 11.8 Å². The number of carbonyl (C=O) groups is 2. The van der Waals surface area contributed by atoms with E-state index in [9.17, 15) is 9.59 Å². The predicted molar refractivity (Wildman–Crippen MR) is 111 cm³/mol. The molecule has 0 aromatic heterocycles. The van der Waals surface area contributed by atoms with Gasteiger partial charge in [0.1, 0.15) is 0 Å². The minimum Gasteiger partial charge on any atom is -0.351 e. The Morgan fingerprint density at radius 1 is 1.11 bits per heavy atom. The van der Waals surface area contributed by atoms with Crippen molar-refractivity contribution in [2.24, 2.45) is 0 Å². The third kappa shape index (κ3) is 6.64. The van der Waals surface area contributed by atoms with Crippen molar-refractivity contribution in [2.45, 2.75) is 31.6 Å². The summed E-state index contributed by atoms with van der Waals surface area (Å²) in [5.74, 6) is 1.66. The molecule has 1 aliphatic rings. The number of benzene rings is 2. The monoisotopic (exact) mass is 383 g/mol. The van der Waals surface area contributed by atoms with Crippen molar-refractivity contribution in [3.8, 4) is 0 Å². The second-order valence-corrected chi connectivity index (χ2v) is 7.85. The van der Waals surface area contributed by atoms with E-state index in [0.717, 1.165) is 24.3 Å². The van der Waals surface area contributed by atoms with Crippen molar-refractivity contribution in [3.05, 3.63) is 65.2 Å². The molecule has 3 rings (SSSR count). The summed E-state index contributed by atoms with van der Waals surface area (Å²) < 4.78 is 0. The van der Waals surface area contributed by atoms with Crippen LogP contribution in [0.5, 0.6) is 0 Å². The Morgan fingerprint density at radius 3 is 2.63 bits per heavy atom. The molecule has 27 heavy (non-hydrogen) atoms. The number of hydrogen-bond donors (Lipinski definition) is 3. The van der Waals surface area contributed by atoms with E-state index in [1.54, 1.807) is 36.0 Å². The van der Waals surface area contributed by atoms with Gasteiger partial charge in [-0.3, -0.25) is 4.79 Å². The van der Waals surface area contributed by atoms with Gasteiger partial charge in [0, 0.05) is 35.3 Å². The van der Waals surface area contributed by atoms with Crippen LogP contribution >= 0.6 is 11.8 Å². The van der Waals surface area contributed by atoms with Crippen LogP contribution in [0.4, 0.5) is 10.5 Å².